The topological polar surface area (TPSA) is 42.1 Å². The molecule has 4 heteroatoms. The summed E-state index contributed by atoms with van der Waals surface area (Å²) < 4.78 is 0. The zero-order chi connectivity index (χ0) is 12.7. The van der Waals surface area contributed by atoms with E-state index < -0.39 is 0 Å². The van der Waals surface area contributed by atoms with Gasteiger partial charge in [0.05, 0.1) is 5.03 Å². The summed E-state index contributed by atoms with van der Waals surface area (Å²) >= 11 is 1.81. The highest BCUT2D eigenvalue weighted by Gasteiger charge is 2.02. The van der Waals surface area contributed by atoms with Crippen LogP contribution >= 0.6 is 11.8 Å². The van der Waals surface area contributed by atoms with Crippen molar-refractivity contribution in [2.75, 3.05) is 25.4 Å². The normalized spacial score (nSPS) is 13.0. The summed E-state index contributed by atoms with van der Waals surface area (Å²) in [6, 6.07) is 4.19. The number of nitrogens with zero attached hydrogens (tertiary/aromatic N) is 2. The van der Waals surface area contributed by atoms with Crippen LogP contribution in [0.4, 0.5) is 0 Å². The van der Waals surface area contributed by atoms with Crippen molar-refractivity contribution in [1.29, 1.82) is 0 Å². The number of hydrogen-bond donors (Lipinski definition) is 1. The number of nitrogens with two attached hydrogens (primary N) is 1. The highest BCUT2D eigenvalue weighted by atomic mass is 32.2. The Balaban J connectivity index is 2.37. The molecule has 0 unspecified atom stereocenters. The van der Waals surface area contributed by atoms with Gasteiger partial charge in [-0.1, -0.05) is 19.9 Å². The van der Waals surface area contributed by atoms with Gasteiger partial charge in [0, 0.05) is 24.5 Å². The fourth-order valence-corrected chi connectivity index (χ4v) is 2.42. The lowest BCUT2D eigenvalue weighted by Crippen LogP contribution is -2.25. The SMILES string of the molecule is CCN(CC)CCSc1ccc([C@H](C)N)cn1. The first-order chi connectivity index (χ1) is 8.17. The van der Waals surface area contributed by atoms with Gasteiger partial charge < -0.3 is 10.6 Å². The molecular weight excluding hydrogens is 230 g/mol. The van der Waals surface area contributed by atoms with Crippen molar-refractivity contribution < 1.29 is 0 Å². The number of hydrogen-bond acceptors (Lipinski definition) is 4. The van der Waals surface area contributed by atoms with Crippen molar-refractivity contribution in [2.24, 2.45) is 5.73 Å². The fourth-order valence-electron chi connectivity index (χ4n) is 1.57. The number of pyridine rings is 1. The Labute approximate surface area is 109 Å². The second kappa shape index (κ2) is 7.69. The van der Waals surface area contributed by atoms with Gasteiger partial charge in [-0.25, -0.2) is 4.98 Å². The Morgan fingerprint density at radius 2 is 2.06 bits per heavy atom. The minimum absolute atomic E-state index is 0.0669. The van der Waals surface area contributed by atoms with Gasteiger partial charge in [0.2, 0.25) is 0 Å². The first kappa shape index (κ1) is 14.5. The van der Waals surface area contributed by atoms with Crippen LogP contribution in [0.1, 0.15) is 32.4 Å². The summed E-state index contributed by atoms with van der Waals surface area (Å²) in [6.07, 6.45) is 1.88. The van der Waals surface area contributed by atoms with E-state index in [-0.39, 0.29) is 6.04 Å². The minimum atomic E-state index is 0.0669. The molecule has 0 fully saturated rings. The molecule has 0 radical (unpaired) electrons. The second-order valence-corrected chi connectivity index (χ2v) is 5.21. The van der Waals surface area contributed by atoms with E-state index in [9.17, 15) is 0 Å². The molecule has 0 aliphatic heterocycles. The Hall–Kier alpha value is -0.580. The van der Waals surface area contributed by atoms with E-state index in [4.69, 9.17) is 5.73 Å². The summed E-state index contributed by atoms with van der Waals surface area (Å²) in [6.45, 7) is 9.73. The van der Waals surface area contributed by atoms with E-state index in [0.29, 0.717) is 0 Å². The molecule has 0 bridgehead atoms. The number of aromatic nitrogens is 1. The average molecular weight is 253 g/mol. The molecular formula is C13H23N3S. The molecule has 0 aliphatic rings. The molecule has 1 rings (SSSR count). The van der Waals surface area contributed by atoms with E-state index in [2.05, 4.69) is 35.9 Å². The first-order valence-corrected chi connectivity index (χ1v) is 7.22. The maximum Gasteiger partial charge on any atom is 0.0960 e. The van der Waals surface area contributed by atoms with Crippen LogP contribution in [0.2, 0.25) is 0 Å². The van der Waals surface area contributed by atoms with Crippen LogP contribution in [-0.2, 0) is 0 Å². The monoisotopic (exact) mass is 253 g/mol. The summed E-state index contributed by atoms with van der Waals surface area (Å²) in [4.78, 5) is 6.83. The highest BCUT2D eigenvalue weighted by Crippen LogP contribution is 2.17. The molecule has 2 N–H and O–H groups in total. The third-order valence-electron chi connectivity index (χ3n) is 2.84. The minimum Gasteiger partial charge on any atom is -0.324 e. The fraction of sp³-hybridized carbons (Fsp3) is 0.615. The molecule has 0 aromatic carbocycles. The highest BCUT2D eigenvalue weighted by molar-refractivity contribution is 7.99. The Bertz CT molecular complexity index is 307. The van der Waals surface area contributed by atoms with Crippen molar-refractivity contribution in [1.82, 2.24) is 9.88 Å². The lowest BCUT2D eigenvalue weighted by atomic mass is 10.2. The smallest absolute Gasteiger partial charge is 0.0960 e. The van der Waals surface area contributed by atoms with Gasteiger partial charge in [-0.05, 0) is 31.6 Å². The van der Waals surface area contributed by atoms with Crippen LogP contribution in [0.15, 0.2) is 23.4 Å². The Kier molecular flexibility index (Phi) is 6.55. The third kappa shape index (κ3) is 5.06. The summed E-state index contributed by atoms with van der Waals surface area (Å²) in [5.74, 6) is 1.09. The standard InChI is InChI=1S/C13H23N3S/c1-4-16(5-2)8-9-17-13-7-6-12(10-15-13)11(3)14/h6-7,10-11H,4-5,8-9,14H2,1-3H3/t11-/m0/s1. The Morgan fingerprint density at radius 3 is 2.53 bits per heavy atom. The van der Waals surface area contributed by atoms with Crippen LogP contribution in [0.3, 0.4) is 0 Å². The second-order valence-electron chi connectivity index (χ2n) is 4.09. The van der Waals surface area contributed by atoms with E-state index in [0.717, 1.165) is 36.0 Å². The van der Waals surface area contributed by atoms with E-state index in [1.54, 1.807) is 11.8 Å². The maximum absolute atomic E-state index is 5.79. The molecule has 0 amide bonds. The van der Waals surface area contributed by atoms with Crippen molar-refractivity contribution in [2.45, 2.75) is 31.8 Å². The molecule has 0 aliphatic carbocycles. The van der Waals surface area contributed by atoms with Crippen LogP contribution in [-0.4, -0.2) is 35.3 Å². The zero-order valence-electron chi connectivity index (χ0n) is 11.0. The molecule has 0 saturated carbocycles. The first-order valence-electron chi connectivity index (χ1n) is 6.24. The number of rotatable bonds is 7. The molecule has 1 aromatic rings. The average Bonchev–Trinajstić information content (AvgIpc) is 2.35. The number of thioether (sulfide) groups is 1. The van der Waals surface area contributed by atoms with E-state index >= 15 is 0 Å². The van der Waals surface area contributed by atoms with Crippen LogP contribution < -0.4 is 5.73 Å². The molecule has 17 heavy (non-hydrogen) atoms. The predicted octanol–water partition coefficient (Wildman–Crippen LogP) is 2.54. The summed E-state index contributed by atoms with van der Waals surface area (Å²) in [5, 5.41) is 1.08. The molecule has 3 nitrogen and oxygen atoms in total. The van der Waals surface area contributed by atoms with Gasteiger partial charge in [0.1, 0.15) is 0 Å². The maximum atomic E-state index is 5.79. The molecule has 0 spiro atoms. The van der Waals surface area contributed by atoms with Gasteiger partial charge in [0.25, 0.3) is 0 Å². The van der Waals surface area contributed by atoms with Gasteiger partial charge >= 0.3 is 0 Å². The van der Waals surface area contributed by atoms with E-state index in [1.165, 1.54) is 0 Å². The molecule has 96 valence electrons. The zero-order valence-corrected chi connectivity index (χ0v) is 11.8. The van der Waals surface area contributed by atoms with E-state index in [1.807, 2.05) is 13.1 Å². The molecule has 1 aromatic heterocycles. The lowest BCUT2D eigenvalue weighted by Gasteiger charge is -2.17. The molecule has 1 heterocycles. The van der Waals surface area contributed by atoms with Crippen LogP contribution in [0.25, 0.3) is 0 Å². The van der Waals surface area contributed by atoms with Gasteiger partial charge in [-0.2, -0.15) is 0 Å². The van der Waals surface area contributed by atoms with Crippen LogP contribution in [0.5, 0.6) is 0 Å². The van der Waals surface area contributed by atoms with Crippen molar-refractivity contribution in [3.63, 3.8) is 0 Å². The molecule has 1 atom stereocenters. The van der Waals surface area contributed by atoms with Crippen molar-refractivity contribution in [3.8, 4) is 0 Å². The van der Waals surface area contributed by atoms with Gasteiger partial charge in [0.15, 0.2) is 0 Å². The quantitative estimate of drug-likeness (QED) is 0.758. The largest absolute Gasteiger partial charge is 0.324 e. The van der Waals surface area contributed by atoms with Gasteiger partial charge in [-0.3, -0.25) is 0 Å². The molecule has 0 saturated heterocycles. The summed E-state index contributed by atoms with van der Waals surface area (Å²) in [5.41, 5.74) is 6.88. The lowest BCUT2D eigenvalue weighted by molar-refractivity contribution is 0.324. The summed E-state index contributed by atoms with van der Waals surface area (Å²) in [7, 11) is 0. The van der Waals surface area contributed by atoms with Crippen LogP contribution in [0, 0.1) is 0 Å². The Morgan fingerprint density at radius 1 is 1.35 bits per heavy atom. The van der Waals surface area contributed by atoms with Gasteiger partial charge in [-0.15, -0.1) is 11.8 Å². The van der Waals surface area contributed by atoms with Crippen molar-refractivity contribution >= 4 is 11.8 Å². The third-order valence-corrected chi connectivity index (χ3v) is 3.76. The van der Waals surface area contributed by atoms with Crippen molar-refractivity contribution in [3.05, 3.63) is 23.9 Å². The predicted molar refractivity (Wildman–Crippen MR) is 75.4 cm³/mol.